The van der Waals surface area contributed by atoms with Gasteiger partial charge >= 0.3 is 0 Å². The van der Waals surface area contributed by atoms with Gasteiger partial charge in [-0.2, -0.15) is 0 Å². The fourth-order valence-corrected chi connectivity index (χ4v) is 5.38. The highest BCUT2D eigenvalue weighted by molar-refractivity contribution is 5.92. The molecule has 1 aromatic heterocycles. The van der Waals surface area contributed by atoms with Gasteiger partial charge in [0.05, 0.1) is 30.1 Å². The summed E-state index contributed by atoms with van der Waals surface area (Å²) in [6.45, 7) is 0.0465. The van der Waals surface area contributed by atoms with Gasteiger partial charge in [0.1, 0.15) is 0 Å². The smallest absolute Gasteiger partial charge is 0.229 e. The van der Waals surface area contributed by atoms with Crippen LogP contribution in [0.25, 0.3) is 11.3 Å². The van der Waals surface area contributed by atoms with E-state index in [2.05, 4.69) is 17.4 Å². The number of carbonyl (C=O) groups excluding carboxylic acids is 1. The summed E-state index contributed by atoms with van der Waals surface area (Å²) in [7, 11) is 0. The van der Waals surface area contributed by atoms with Gasteiger partial charge in [-0.1, -0.05) is 80.6 Å². The van der Waals surface area contributed by atoms with Crippen molar-refractivity contribution < 1.29 is 9.90 Å². The lowest BCUT2D eigenvalue weighted by Crippen LogP contribution is -2.20. The van der Waals surface area contributed by atoms with E-state index in [1.807, 2.05) is 36.4 Å². The molecule has 2 aliphatic carbocycles. The number of nitrogens with one attached hydrogen (secondary N) is 1. The number of anilines is 1. The monoisotopic (exact) mass is 455 g/mol. The van der Waals surface area contributed by atoms with Crippen molar-refractivity contribution in [3.8, 4) is 11.3 Å². The lowest BCUT2D eigenvalue weighted by atomic mass is 9.85. The number of benzene rings is 2. The second-order valence-corrected chi connectivity index (χ2v) is 9.72. The van der Waals surface area contributed by atoms with Crippen LogP contribution in [0.5, 0.6) is 0 Å². The fourth-order valence-electron chi connectivity index (χ4n) is 5.38. The molecule has 1 heterocycles. The van der Waals surface area contributed by atoms with Gasteiger partial charge in [0.25, 0.3) is 0 Å². The molecule has 0 bridgehead atoms. The van der Waals surface area contributed by atoms with Gasteiger partial charge in [-0.15, -0.1) is 0 Å². The molecule has 0 spiro atoms. The van der Waals surface area contributed by atoms with E-state index in [4.69, 9.17) is 9.97 Å². The Hall–Kier alpha value is -3.05. The van der Waals surface area contributed by atoms with Crippen LogP contribution in [0, 0.1) is 5.92 Å². The second kappa shape index (κ2) is 10.5. The van der Waals surface area contributed by atoms with Gasteiger partial charge in [0.15, 0.2) is 5.82 Å². The summed E-state index contributed by atoms with van der Waals surface area (Å²) in [5.74, 6) is 1.31. The molecular formula is C29H33N3O2. The number of carbonyl (C=O) groups is 1. The Morgan fingerprint density at radius 1 is 0.971 bits per heavy atom. The van der Waals surface area contributed by atoms with Gasteiger partial charge < -0.3 is 10.4 Å². The van der Waals surface area contributed by atoms with E-state index in [-0.39, 0.29) is 12.5 Å². The Balaban J connectivity index is 1.43. The van der Waals surface area contributed by atoms with E-state index in [0.29, 0.717) is 12.2 Å². The van der Waals surface area contributed by atoms with E-state index in [1.54, 1.807) is 0 Å². The van der Waals surface area contributed by atoms with Crippen LogP contribution in [0.4, 0.5) is 5.82 Å². The zero-order chi connectivity index (χ0) is 23.3. The number of aliphatic hydroxyl groups is 1. The minimum Gasteiger partial charge on any atom is -0.392 e. The molecule has 2 aromatic carbocycles. The molecule has 0 saturated heterocycles. The minimum absolute atomic E-state index is 0.0465. The summed E-state index contributed by atoms with van der Waals surface area (Å²) in [4.78, 5) is 22.9. The summed E-state index contributed by atoms with van der Waals surface area (Å²) in [6.07, 6.45) is 10.5. The first-order chi connectivity index (χ1) is 16.7. The minimum atomic E-state index is -0.0526. The maximum absolute atomic E-state index is 12.9. The molecule has 1 saturated carbocycles. The van der Waals surface area contributed by atoms with Gasteiger partial charge in [0, 0.05) is 5.56 Å². The average molecular weight is 456 g/mol. The zero-order valence-electron chi connectivity index (χ0n) is 19.7. The van der Waals surface area contributed by atoms with Crippen molar-refractivity contribution >= 4 is 11.7 Å². The predicted molar refractivity (Wildman–Crippen MR) is 134 cm³/mol. The van der Waals surface area contributed by atoms with Crippen molar-refractivity contribution in [2.75, 3.05) is 5.32 Å². The molecule has 2 N–H and O–H groups in total. The Labute approximate surface area is 201 Å². The molecule has 5 nitrogen and oxygen atoms in total. The highest BCUT2D eigenvalue weighted by atomic mass is 16.3. The summed E-state index contributed by atoms with van der Waals surface area (Å²) in [6, 6.07) is 15.9. The zero-order valence-corrected chi connectivity index (χ0v) is 19.7. The quantitative estimate of drug-likeness (QED) is 0.498. The predicted octanol–water partition coefficient (Wildman–Crippen LogP) is 5.43. The van der Waals surface area contributed by atoms with Crippen molar-refractivity contribution in [3.63, 3.8) is 0 Å². The number of aryl methyl sites for hydroxylation is 3. The standard InChI is InChI=1S/C29H33N3O2/c33-19-22-11-14-24-23(17-22)13-16-25-28(24)30-26(15-12-20-7-3-1-4-8-20)29(31-25)32-27(34)18-21-9-5-2-6-10-21/h2,5-6,9-11,14,17,20,33H,1,3-4,7-8,12-13,15-16,18-19H2,(H,31,32,34). The lowest BCUT2D eigenvalue weighted by molar-refractivity contribution is -0.115. The molecule has 34 heavy (non-hydrogen) atoms. The van der Waals surface area contributed by atoms with Crippen molar-refractivity contribution in [1.82, 2.24) is 9.97 Å². The largest absolute Gasteiger partial charge is 0.392 e. The number of amides is 1. The number of hydrogen-bond donors (Lipinski definition) is 2. The number of nitrogens with zero attached hydrogens (tertiary/aromatic N) is 2. The van der Waals surface area contributed by atoms with Gasteiger partial charge in [-0.05, 0) is 48.3 Å². The fraction of sp³-hybridized carbons (Fsp3) is 0.414. The second-order valence-electron chi connectivity index (χ2n) is 9.72. The molecule has 0 unspecified atom stereocenters. The molecule has 1 fully saturated rings. The van der Waals surface area contributed by atoms with Gasteiger partial charge in [-0.25, -0.2) is 9.97 Å². The summed E-state index contributed by atoms with van der Waals surface area (Å²) in [5, 5.41) is 12.6. The van der Waals surface area contributed by atoms with Crippen molar-refractivity contribution in [3.05, 3.63) is 76.6 Å². The third-order valence-electron chi connectivity index (χ3n) is 7.26. The summed E-state index contributed by atoms with van der Waals surface area (Å²) >= 11 is 0. The Morgan fingerprint density at radius 2 is 1.79 bits per heavy atom. The van der Waals surface area contributed by atoms with Crippen LogP contribution in [-0.2, 0) is 37.1 Å². The Kier molecular flexibility index (Phi) is 7.00. The average Bonchev–Trinajstić information content (AvgIpc) is 2.88. The number of aromatic nitrogens is 2. The van der Waals surface area contributed by atoms with Crippen molar-refractivity contribution in [2.45, 2.75) is 70.8 Å². The summed E-state index contributed by atoms with van der Waals surface area (Å²) in [5.41, 5.74) is 7.01. The topological polar surface area (TPSA) is 75.1 Å². The first-order valence-corrected chi connectivity index (χ1v) is 12.7. The molecule has 3 aromatic rings. The molecule has 5 rings (SSSR count). The SMILES string of the molecule is O=C(Cc1ccccc1)Nc1nc2c(nc1CCC1CCCCC1)-c1ccc(CO)cc1CC2. The van der Waals surface area contributed by atoms with Crippen LogP contribution in [-0.4, -0.2) is 21.0 Å². The van der Waals surface area contributed by atoms with E-state index < -0.39 is 0 Å². The molecule has 2 aliphatic rings. The Bertz CT molecular complexity index is 1150. The van der Waals surface area contributed by atoms with Crippen LogP contribution in [0.15, 0.2) is 48.5 Å². The van der Waals surface area contributed by atoms with E-state index >= 15 is 0 Å². The Morgan fingerprint density at radius 3 is 2.59 bits per heavy atom. The number of hydrogen-bond acceptors (Lipinski definition) is 4. The molecule has 0 radical (unpaired) electrons. The van der Waals surface area contributed by atoms with E-state index in [1.165, 1.54) is 37.7 Å². The molecule has 0 aliphatic heterocycles. The third kappa shape index (κ3) is 5.20. The lowest BCUT2D eigenvalue weighted by Gasteiger charge is -2.23. The summed E-state index contributed by atoms with van der Waals surface area (Å²) < 4.78 is 0. The molecular weight excluding hydrogens is 422 g/mol. The van der Waals surface area contributed by atoms with Crippen LogP contribution in [0.3, 0.4) is 0 Å². The van der Waals surface area contributed by atoms with Crippen molar-refractivity contribution in [2.24, 2.45) is 5.92 Å². The van der Waals surface area contributed by atoms with E-state index in [0.717, 1.165) is 65.4 Å². The molecule has 0 atom stereocenters. The molecule has 176 valence electrons. The van der Waals surface area contributed by atoms with Crippen LogP contribution in [0.2, 0.25) is 0 Å². The van der Waals surface area contributed by atoms with Crippen LogP contribution < -0.4 is 5.32 Å². The van der Waals surface area contributed by atoms with Gasteiger partial charge in [-0.3, -0.25) is 4.79 Å². The van der Waals surface area contributed by atoms with Gasteiger partial charge in [0.2, 0.25) is 5.91 Å². The van der Waals surface area contributed by atoms with E-state index in [9.17, 15) is 9.90 Å². The highest BCUT2D eigenvalue weighted by Gasteiger charge is 2.23. The number of fused-ring (bicyclic) bond motifs is 3. The molecule has 5 heteroatoms. The third-order valence-corrected chi connectivity index (χ3v) is 7.26. The highest BCUT2D eigenvalue weighted by Crippen LogP contribution is 2.34. The first kappa shape index (κ1) is 22.7. The normalized spacial score (nSPS) is 15.4. The number of rotatable bonds is 7. The maximum Gasteiger partial charge on any atom is 0.229 e. The van der Waals surface area contributed by atoms with Crippen molar-refractivity contribution in [1.29, 1.82) is 0 Å². The first-order valence-electron chi connectivity index (χ1n) is 12.7. The maximum atomic E-state index is 12.9. The van der Waals surface area contributed by atoms with Crippen LogP contribution >= 0.6 is 0 Å². The molecule has 1 amide bonds. The number of aliphatic hydroxyl groups excluding tert-OH is 1. The van der Waals surface area contributed by atoms with Crippen LogP contribution in [0.1, 0.15) is 66.6 Å².